The number of Topliss-reactive ketones (excluding diaryl/α,β-unsaturated/α-hetero) is 1. The van der Waals surface area contributed by atoms with Gasteiger partial charge in [-0.1, -0.05) is 40.3 Å². The van der Waals surface area contributed by atoms with Crippen molar-refractivity contribution in [3.05, 3.63) is 50.3 Å². The van der Waals surface area contributed by atoms with Gasteiger partial charge in [-0.15, -0.1) is 34.0 Å². The molecule has 31 heavy (non-hydrogen) atoms. The SMILES string of the molecule is CCO.N#CCC(N)=S.N#CCc1nc(-c2cccs2)cs1.O=C(CBr)c1cccs1. The Morgan fingerprint density at radius 2 is 1.87 bits per heavy atom. The number of thiophene rings is 2. The number of ketones is 1. The van der Waals surface area contributed by atoms with Gasteiger partial charge in [0.1, 0.15) is 5.01 Å². The molecule has 6 nitrogen and oxygen atoms in total. The number of aliphatic hydroxyl groups is 1. The maximum absolute atomic E-state index is 10.8. The number of nitrogens with two attached hydrogens (primary N) is 1. The predicted octanol–water partition coefficient (Wildman–Crippen LogP) is 5.45. The molecule has 3 heterocycles. The second kappa shape index (κ2) is 18.8. The molecular formula is C20H21BrN4O2S4. The van der Waals surface area contributed by atoms with Crippen molar-refractivity contribution in [2.75, 3.05) is 11.9 Å². The molecule has 0 saturated carbocycles. The zero-order chi connectivity index (χ0) is 23.5. The molecule has 0 aliphatic rings. The molecule has 164 valence electrons. The van der Waals surface area contributed by atoms with Crippen LogP contribution in [0.5, 0.6) is 0 Å². The van der Waals surface area contributed by atoms with E-state index in [1.54, 1.807) is 35.7 Å². The largest absolute Gasteiger partial charge is 0.397 e. The van der Waals surface area contributed by atoms with Crippen molar-refractivity contribution in [3.63, 3.8) is 0 Å². The summed E-state index contributed by atoms with van der Waals surface area (Å²) >= 11 is 12.1. The van der Waals surface area contributed by atoms with Crippen molar-refractivity contribution in [3.8, 4) is 22.7 Å². The number of halogens is 1. The van der Waals surface area contributed by atoms with Gasteiger partial charge >= 0.3 is 0 Å². The molecule has 0 spiro atoms. The number of thiazole rings is 1. The molecule has 0 bridgehead atoms. The summed E-state index contributed by atoms with van der Waals surface area (Å²) in [5, 5.41) is 31.1. The fraction of sp³-hybridized carbons (Fsp3) is 0.250. The molecule has 3 aromatic rings. The number of aliphatic hydroxyl groups excluding tert-OH is 1. The minimum atomic E-state index is 0.157. The Morgan fingerprint density at radius 1 is 1.23 bits per heavy atom. The van der Waals surface area contributed by atoms with Crippen molar-refractivity contribution >= 4 is 72.9 Å². The van der Waals surface area contributed by atoms with Crippen LogP contribution in [0.1, 0.15) is 28.0 Å². The molecule has 0 aliphatic heterocycles. The Bertz CT molecular complexity index is 958. The molecule has 0 aliphatic carbocycles. The molecular weight excluding hydrogens is 536 g/mol. The third-order valence-corrected chi connectivity index (χ3v) is 6.03. The molecule has 3 N–H and O–H groups in total. The molecule has 0 saturated heterocycles. The topological polar surface area (TPSA) is 124 Å². The van der Waals surface area contributed by atoms with E-state index >= 15 is 0 Å². The van der Waals surface area contributed by atoms with E-state index in [2.05, 4.69) is 39.2 Å². The Labute approximate surface area is 207 Å². The zero-order valence-electron chi connectivity index (χ0n) is 16.7. The van der Waals surface area contributed by atoms with E-state index in [1.165, 1.54) is 16.2 Å². The monoisotopic (exact) mass is 556 g/mol. The van der Waals surface area contributed by atoms with Gasteiger partial charge in [-0.05, 0) is 29.8 Å². The summed E-state index contributed by atoms with van der Waals surface area (Å²) in [5.41, 5.74) is 5.90. The summed E-state index contributed by atoms with van der Waals surface area (Å²) < 4.78 is 0. The average molecular weight is 558 g/mol. The van der Waals surface area contributed by atoms with Crippen molar-refractivity contribution in [2.24, 2.45) is 5.73 Å². The normalized spacial score (nSPS) is 8.68. The first-order valence-electron chi connectivity index (χ1n) is 8.67. The number of carbonyl (C=O) groups is 1. The van der Waals surface area contributed by atoms with Crippen molar-refractivity contribution in [2.45, 2.75) is 19.8 Å². The molecule has 11 heteroatoms. The summed E-state index contributed by atoms with van der Waals surface area (Å²) in [6, 6.07) is 11.6. The minimum absolute atomic E-state index is 0.157. The fourth-order valence-electron chi connectivity index (χ4n) is 1.58. The Morgan fingerprint density at radius 3 is 2.29 bits per heavy atom. The number of rotatable bonds is 5. The third-order valence-electron chi connectivity index (χ3n) is 2.73. The van der Waals surface area contributed by atoms with Crippen LogP contribution in [0.4, 0.5) is 0 Å². The second-order valence-electron chi connectivity index (χ2n) is 5.09. The van der Waals surface area contributed by atoms with Gasteiger partial charge < -0.3 is 10.8 Å². The molecule has 0 aromatic carbocycles. The first-order valence-corrected chi connectivity index (χ1v) is 12.8. The first-order chi connectivity index (χ1) is 14.9. The van der Waals surface area contributed by atoms with E-state index in [-0.39, 0.29) is 23.8 Å². The van der Waals surface area contributed by atoms with E-state index in [4.69, 9.17) is 21.4 Å². The molecule has 0 atom stereocenters. The number of aromatic nitrogens is 1. The molecule has 3 rings (SSSR count). The molecule has 3 aromatic heterocycles. The lowest BCUT2D eigenvalue weighted by Gasteiger charge is -1.86. The van der Waals surface area contributed by atoms with Crippen molar-refractivity contribution in [1.82, 2.24) is 4.98 Å². The van der Waals surface area contributed by atoms with Gasteiger partial charge in [0, 0.05) is 12.0 Å². The number of hydrogen-bond acceptors (Lipinski definition) is 9. The molecule has 0 amide bonds. The molecule has 0 radical (unpaired) electrons. The van der Waals surface area contributed by atoms with Crippen LogP contribution in [-0.2, 0) is 6.42 Å². The van der Waals surface area contributed by atoms with Gasteiger partial charge in [0.15, 0.2) is 5.78 Å². The lowest BCUT2D eigenvalue weighted by molar-refractivity contribution is 0.102. The van der Waals surface area contributed by atoms with Gasteiger partial charge in [-0.3, -0.25) is 4.79 Å². The number of hydrogen-bond donors (Lipinski definition) is 2. The Hall–Kier alpha value is -1.99. The smallest absolute Gasteiger partial charge is 0.183 e. The summed E-state index contributed by atoms with van der Waals surface area (Å²) in [7, 11) is 0. The quantitative estimate of drug-likeness (QED) is 0.243. The Balaban J connectivity index is 0.000000437. The van der Waals surface area contributed by atoms with Crippen LogP contribution in [-0.4, -0.2) is 32.8 Å². The number of nitriles is 2. The number of nitrogens with zero attached hydrogens (tertiary/aromatic N) is 3. The zero-order valence-corrected chi connectivity index (χ0v) is 21.5. The van der Waals surface area contributed by atoms with E-state index in [1.807, 2.05) is 40.4 Å². The highest BCUT2D eigenvalue weighted by atomic mass is 79.9. The van der Waals surface area contributed by atoms with E-state index in [0.717, 1.165) is 15.6 Å². The summed E-state index contributed by atoms with van der Waals surface area (Å²) in [5.74, 6) is 0.157. The predicted molar refractivity (Wildman–Crippen MR) is 137 cm³/mol. The summed E-state index contributed by atoms with van der Waals surface area (Å²) in [6.07, 6.45) is 0.603. The Kier molecular flexibility index (Phi) is 17.5. The van der Waals surface area contributed by atoms with Gasteiger partial charge in [0.2, 0.25) is 0 Å². The van der Waals surface area contributed by atoms with Crippen LogP contribution >= 0.6 is 62.2 Å². The van der Waals surface area contributed by atoms with Crippen LogP contribution in [0.2, 0.25) is 0 Å². The second-order valence-corrected chi connectivity index (χ2v) is 9.01. The van der Waals surface area contributed by atoms with E-state index in [0.29, 0.717) is 11.8 Å². The van der Waals surface area contributed by atoms with Gasteiger partial charge in [-0.25, -0.2) is 4.98 Å². The van der Waals surface area contributed by atoms with E-state index < -0.39 is 0 Å². The lowest BCUT2D eigenvalue weighted by Crippen LogP contribution is -2.04. The number of alkyl halides is 1. The summed E-state index contributed by atoms with van der Waals surface area (Å²) in [6.45, 7) is 1.93. The van der Waals surface area contributed by atoms with Crippen LogP contribution in [0.3, 0.4) is 0 Å². The van der Waals surface area contributed by atoms with Crippen LogP contribution < -0.4 is 5.73 Å². The molecule has 0 unspecified atom stereocenters. The van der Waals surface area contributed by atoms with Crippen LogP contribution in [0.15, 0.2) is 40.4 Å². The van der Waals surface area contributed by atoms with Crippen LogP contribution in [0, 0.1) is 22.7 Å². The average Bonchev–Trinajstić information content (AvgIpc) is 3.51. The maximum atomic E-state index is 10.8. The van der Waals surface area contributed by atoms with E-state index in [9.17, 15) is 4.79 Å². The minimum Gasteiger partial charge on any atom is -0.397 e. The highest BCUT2D eigenvalue weighted by Crippen LogP contribution is 2.25. The number of thiocarbonyl (C=S) groups is 1. The standard InChI is InChI=1S/C9H6N2S2.C6H5BrOS.C3H4N2S.C2H6O/c10-4-3-9-11-7(6-13-9)8-2-1-5-12-8;7-4-5(8)6-2-1-3-9-6;4-2-1-3(5)6;1-2-3/h1-2,5-6H,3H2;1-3H,4H2;1H2,(H2,5,6);3H,2H2,1H3. The number of carbonyl (C=O) groups excluding carboxylic acids is 1. The lowest BCUT2D eigenvalue weighted by atomic mass is 10.4. The molecule has 0 fully saturated rings. The van der Waals surface area contributed by atoms with Gasteiger partial charge in [-0.2, -0.15) is 10.5 Å². The van der Waals surface area contributed by atoms with Gasteiger partial charge in [0.05, 0.1) is 50.7 Å². The summed E-state index contributed by atoms with van der Waals surface area (Å²) in [4.78, 5) is 17.4. The maximum Gasteiger partial charge on any atom is 0.183 e. The first kappa shape index (κ1) is 29.0. The highest BCUT2D eigenvalue weighted by Gasteiger charge is 2.04. The fourth-order valence-corrected chi connectivity index (χ4v) is 4.28. The van der Waals surface area contributed by atoms with Gasteiger partial charge in [0.25, 0.3) is 0 Å². The third kappa shape index (κ3) is 13.8. The van der Waals surface area contributed by atoms with Crippen molar-refractivity contribution in [1.29, 1.82) is 10.5 Å². The van der Waals surface area contributed by atoms with Crippen molar-refractivity contribution < 1.29 is 9.90 Å². The van der Waals surface area contributed by atoms with Crippen LogP contribution in [0.25, 0.3) is 10.6 Å². The highest BCUT2D eigenvalue weighted by molar-refractivity contribution is 9.09.